The van der Waals surface area contributed by atoms with Crippen molar-refractivity contribution in [2.75, 3.05) is 26.6 Å². The Balaban J connectivity index is 0.000000197. The molecular weight excluding hydrogens is 1870 g/mol. The SMILES string of the molecule is O=C(Nc1ccc(Br)cc1)c1cc(Br)cc(Br)c1O.O=C(Nc1ccc(Cl)cc1)c1cc(Cl)cc(Cl)c1O.O=C(Nc1cccc(C(F)(F)F)c1)c1cc(Br)cc(Br)c1O.O=C(Nc1cccc(Cl)c1)C1=CC(Cl)=CC(Cl)(Cl)C1O.O=C(Nc1cccc(Cl)c1)C1C=C(Cl)C=C(Cl)C1(O)Cl. The van der Waals surface area contributed by atoms with Gasteiger partial charge in [0, 0.05) is 72.0 Å². The molecule has 100 heavy (non-hydrogen) atoms. The Labute approximate surface area is 664 Å². The number of carbonyl (C=O) groups excluding carboxylic acids is 5. The summed E-state index contributed by atoms with van der Waals surface area (Å²) in [5.74, 6) is -4.52. The van der Waals surface area contributed by atoms with Crippen molar-refractivity contribution >= 4 is 265 Å². The molecule has 3 unspecified atom stereocenters. The fraction of sp³-hybridized carbons (Fsp3) is 0.0758. The lowest BCUT2D eigenvalue weighted by Gasteiger charge is -2.30. The third-order valence-electron chi connectivity index (χ3n) is 12.8. The number of anilines is 5. The maximum atomic E-state index is 12.6. The number of aliphatic hydroxyl groups is 2. The quantitative estimate of drug-likeness (QED) is 0.0580. The van der Waals surface area contributed by atoms with Gasteiger partial charge in [0.15, 0.2) is 9.39 Å². The molecule has 10 N–H and O–H groups in total. The van der Waals surface area contributed by atoms with E-state index in [4.69, 9.17) is 128 Å². The van der Waals surface area contributed by atoms with Crippen molar-refractivity contribution in [3.05, 3.63) is 272 Å². The fourth-order valence-electron chi connectivity index (χ4n) is 8.07. The molecule has 15 nitrogen and oxygen atoms in total. The molecule has 524 valence electrons. The molecule has 8 aromatic carbocycles. The summed E-state index contributed by atoms with van der Waals surface area (Å²) in [6.07, 6.45) is -0.679. The molecule has 0 fully saturated rings. The zero-order valence-electron chi connectivity index (χ0n) is 49.4. The minimum Gasteiger partial charge on any atom is -0.506 e. The van der Waals surface area contributed by atoms with Gasteiger partial charge in [-0.3, -0.25) is 24.0 Å². The van der Waals surface area contributed by atoms with Gasteiger partial charge in [-0.2, -0.15) is 13.2 Å². The van der Waals surface area contributed by atoms with Crippen LogP contribution in [0.2, 0.25) is 25.1 Å². The van der Waals surface area contributed by atoms with Crippen LogP contribution in [0.15, 0.2) is 225 Å². The highest BCUT2D eigenvalue weighted by atomic mass is 79.9. The summed E-state index contributed by atoms with van der Waals surface area (Å²) in [6.45, 7) is 0. The number of hydrogen-bond acceptors (Lipinski definition) is 10. The van der Waals surface area contributed by atoms with E-state index in [1.807, 2.05) is 12.1 Å². The Morgan fingerprint density at radius 2 is 0.890 bits per heavy atom. The average Bonchev–Trinajstić information content (AvgIpc) is 0.804. The number of carbonyl (C=O) groups is 5. The van der Waals surface area contributed by atoms with Gasteiger partial charge in [-0.25, -0.2) is 0 Å². The molecule has 2 aliphatic carbocycles. The van der Waals surface area contributed by atoms with Gasteiger partial charge >= 0.3 is 6.18 Å². The highest BCUT2D eigenvalue weighted by Crippen LogP contribution is 2.42. The Morgan fingerprint density at radius 3 is 1.38 bits per heavy atom. The zero-order valence-corrected chi connectivity index (χ0v) is 65.7. The maximum absolute atomic E-state index is 12.6. The molecular formula is C66H42Br5Cl11F3N5O10. The summed E-state index contributed by atoms with van der Waals surface area (Å²) in [6, 6.07) is 40.0. The molecule has 0 aromatic heterocycles. The van der Waals surface area contributed by atoms with Gasteiger partial charge in [0.25, 0.3) is 23.6 Å². The number of nitrogens with one attached hydrogen (secondary N) is 5. The molecule has 2 aliphatic rings. The van der Waals surface area contributed by atoms with Crippen LogP contribution in [-0.2, 0) is 15.8 Å². The van der Waals surface area contributed by atoms with Crippen molar-refractivity contribution in [3.63, 3.8) is 0 Å². The highest BCUT2D eigenvalue weighted by molar-refractivity contribution is 9.11. The largest absolute Gasteiger partial charge is 0.506 e. The van der Waals surface area contributed by atoms with E-state index in [0.29, 0.717) is 51.2 Å². The van der Waals surface area contributed by atoms with E-state index in [-0.39, 0.29) is 80.7 Å². The van der Waals surface area contributed by atoms with Crippen LogP contribution in [0.3, 0.4) is 0 Å². The Hall–Kier alpha value is -5.23. The summed E-state index contributed by atoms with van der Waals surface area (Å²) in [7, 11) is 0. The van der Waals surface area contributed by atoms with Crippen LogP contribution < -0.4 is 26.6 Å². The van der Waals surface area contributed by atoms with E-state index in [1.54, 1.807) is 97.1 Å². The Kier molecular flexibility index (Phi) is 31.4. The molecule has 0 heterocycles. The number of aromatic hydroxyl groups is 3. The van der Waals surface area contributed by atoms with Gasteiger partial charge in [0.1, 0.15) is 29.3 Å². The van der Waals surface area contributed by atoms with Gasteiger partial charge < -0.3 is 52.1 Å². The molecule has 0 aliphatic heterocycles. The number of aliphatic hydroxyl groups excluding tert-OH is 1. The molecule has 5 amide bonds. The van der Waals surface area contributed by atoms with Gasteiger partial charge in [0.05, 0.1) is 46.8 Å². The number of allylic oxidation sites excluding steroid dienone is 4. The monoisotopic (exact) mass is 1900 g/mol. The molecule has 34 heteroatoms. The summed E-state index contributed by atoms with van der Waals surface area (Å²) in [5, 5.41) is 62.5. The first-order valence-corrected chi connectivity index (χ1v) is 35.5. The van der Waals surface area contributed by atoms with Gasteiger partial charge in [-0.1, -0.05) is 194 Å². The van der Waals surface area contributed by atoms with Crippen molar-refractivity contribution < 1.29 is 62.7 Å². The lowest BCUT2D eigenvalue weighted by Crippen LogP contribution is -2.41. The maximum Gasteiger partial charge on any atom is 0.416 e. The van der Waals surface area contributed by atoms with Crippen LogP contribution in [0.1, 0.15) is 36.6 Å². The third kappa shape index (κ3) is 24.7. The molecule has 0 bridgehead atoms. The van der Waals surface area contributed by atoms with E-state index in [9.17, 15) is 62.7 Å². The number of phenols is 3. The number of benzene rings is 8. The van der Waals surface area contributed by atoms with Crippen LogP contribution >= 0.6 is 207 Å². The number of phenolic OH excluding ortho intramolecular Hbond substituents is 3. The third-order valence-corrected chi connectivity index (χ3v) is 18.7. The summed E-state index contributed by atoms with van der Waals surface area (Å²) >= 11 is 80.2. The van der Waals surface area contributed by atoms with E-state index in [0.717, 1.165) is 16.6 Å². The highest BCUT2D eigenvalue weighted by Gasteiger charge is 2.44. The first-order chi connectivity index (χ1) is 46.7. The molecule has 0 saturated carbocycles. The topological polar surface area (TPSA) is 247 Å². The minimum atomic E-state index is -4.50. The number of amides is 5. The average molecular weight is 1910 g/mol. The normalized spacial score (nSPS) is 15.7. The summed E-state index contributed by atoms with van der Waals surface area (Å²) < 4.78 is 39.2. The number of rotatable bonds is 10. The van der Waals surface area contributed by atoms with Crippen LogP contribution in [0.5, 0.6) is 17.2 Å². The van der Waals surface area contributed by atoms with E-state index in [1.165, 1.54) is 60.7 Å². The van der Waals surface area contributed by atoms with Gasteiger partial charge in [-0.15, -0.1) is 0 Å². The van der Waals surface area contributed by atoms with Crippen molar-refractivity contribution in [1.29, 1.82) is 0 Å². The number of hydrogen-bond donors (Lipinski definition) is 10. The minimum absolute atomic E-state index is 0.00690. The Bertz CT molecular complexity index is 4430. The molecule has 3 atom stereocenters. The van der Waals surface area contributed by atoms with Crippen molar-refractivity contribution in [2.45, 2.75) is 21.7 Å². The second-order valence-electron chi connectivity index (χ2n) is 20.2. The van der Waals surface area contributed by atoms with Gasteiger partial charge in [0.2, 0.25) is 5.91 Å². The predicted molar refractivity (Wildman–Crippen MR) is 411 cm³/mol. The second kappa shape index (κ2) is 37.5. The first-order valence-electron chi connectivity index (χ1n) is 27.3. The van der Waals surface area contributed by atoms with Crippen LogP contribution in [-0.4, -0.2) is 70.6 Å². The second-order valence-corrected chi connectivity index (χ2v) is 30.1. The predicted octanol–water partition coefficient (Wildman–Crippen LogP) is 22.7. The summed E-state index contributed by atoms with van der Waals surface area (Å²) in [4.78, 5) is 60.5. The summed E-state index contributed by atoms with van der Waals surface area (Å²) in [5.41, 5.74) is 1.38. The van der Waals surface area contributed by atoms with E-state index < -0.39 is 56.8 Å². The molecule has 0 saturated heterocycles. The van der Waals surface area contributed by atoms with Gasteiger partial charge in [-0.05, 0) is 196 Å². The first kappa shape index (κ1) is 83.7. The fourth-order valence-corrected chi connectivity index (χ4v) is 13.4. The van der Waals surface area contributed by atoms with Crippen LogP contribution in [0.4, 0.5) is 41.6 Å². The van der Waals surface area contributed by atoms with Crippen LogP contribution in [0, 0.1) is 5.92 Å². The van der Waals surface area contributed by atoms with Crippen molar-refractivity contribution in [1.82, 2.24) is 0 Å². The molecule has 0 spiro atoms. The smallest absolute Gasteiger partial charge is 0.416 e. The molecule has 0 radical (unpaired) electrons. The number of alkyl halides is 6. The lowest BCUT2D eigenvalue weighted by molar-refractivity contribution is -0.137. The Morgan fingerprint density at radius 1 is 0.450 bits per heavy atom. The van der Waals surface area contributed by atoms with Crippen LogP contribution in [0.25, 0.3) is 0 Å². The van der Waals surface area contributed by atoms with Crippen molar-refractivity contribution in [3.8, 4) is 17.2 Å². The molecule has 8 aromatic rings. The van der Waals surface area contributed by atoms with E-state index >= 15 is 0 Å². The standard InChI is InChI=1S/C14H8Br2F3NO2.C13H8Br3NO2.2C13H9Cl4NO2.C13H8Cl3NO2/c15-8-5-10(12(21)11(16)6-8)13(22)20-9-3-1-2-7(4-9)14(17,18)19;14-7-1-3-9(4-2-7)17-13(19)10-5-8(15)6-11(16)12(10)18;14-7-2-1-3-9(4-7)18-12(20)10-5-8(15)6-13(16,17)11(10)19;14-7-2-1-3-9(4-7)18-12(19)10-5-8(15)6-11(16)13(10,17)20;14-7-1-3-9(4-2-7)17-13(19)10-5-8(15)6-11(16)12(10)18/h1-6,21H,(H,20,22);1-6,18H,(H,17,19);1-6,11,19H,(H,18,20);1-6,10,20H,(H,18,19);1-6,18H,(H,17,19). The lowest BCUT2D eigenvalue weighted by atomic mass is 9.95. The zero-order chi connectivity index (χ0) is 74.3. The molecule has 10 rings (SSSR count). The van der Waals surface area contributed by atoms with E-state index in [2.05, 4.69) is 106 Å². The number of halogens is 19. The van der Waals surface area contributed by atoms with Crippen molar-refractivity contribution in [2.24, 2.45) is 5.92 Å².